The number of hydrogen-bond acceptors (Lipinski definition) is 5. The van der Waals surface area contributed by atoms with Crippen LogP contribution in [0.5, 0.6) is 0 Å². The van der Waals surface area contributed by atoms with Crippen LogP contribution in [0, 0.1) is 16.0 Å². The smallest absolute Gasteiger partial charge is 0.258 e. The summed E-state index contributed by atoms with van der Waals surface area (Å²) in [6, 6.07) is 1.00. The molecular formula is C11H15ClN2O4S2. The Morgan fingerprint density at radius 3 is 2.65 bits per heavy atom. The van der Waals surface area contributed by atoms with Crippen molar-refractivity contribution < 1.29 is 13.3 Å². The van der Waals surface area contributed by atoms with Crippen molar-refractivity contribution in [2.45, 2.75) is 36.3 Å². The van der Waals surface area contributed by atoms with E-state index in [1.807, 2.05) is 0 Å². The molecule has 0 bridgehead atoms. The zero-order valence-electron chi connectivity index (χ0n) is 10.7. The average Bonchev–Trinajstić information content (AvgIpc) is 2.98. The number of hydrogen-bond donors (Lipinski definition) is 1. The maximum atomic E-state index is 12.0. The quantitative estimate of drug-likeness (QED) is 0.637. The molecule has 1 aliphatic carbocycles. The van der Waals surface area contributed by atoms with Crippen molar-refractivity contribution in [3.05, 3.63) is 20.5 Å². The first-order valence-electron chi connectivity index (χ1n) is 6.33. The molecule has 0 saturated heterocycles. The summed E-state index contributed by atoms with van der Waals surface area (Å²) in [6.07, 6.45) is 5.53. The fourth-order valence-corrected chi connectivity index (χ4v) is 5.12. The van der Waals surface area contributed by atoms with Crippen LogP contribution in [-0.2, 0) is 10.0 Å². The Kier molecular flexibility index (Phi) is 5.00. The Morgan fingerprint density at radius 1 is 1.45 bits per heavy atom. The summed E-state index contributed by atoms with van der Waals surface area (Å²) < 4.78 is 26.3. The van der Waals surface area contributed by atoms with Gasteiger partial charge in [-0.3, -0.25) is 10.1 Å². The molecular weight excluding hydrogens is 324 g/mol. The number of nitrogens with zero attached hydrogens (tertiary/aromatic N) is 1. The predicted octanol–water partition coefficient (Wildman–Crippen LogP) is 3.17. The lowest BCUT2D eigenvalue weighted by Crippen LogP contribution is -2.25. The molecule has 0 radical (unpaired) electrons. The third-order valence-electron chi connectivity index (χ3n) is 3.43. The van der Waals surface area contributed by atoms with Gasteiger partial charge in [0.15, 0.2) is 4.34 Å². The maximum absolute atomic E-state index is 12.0. The number of halogens is 1. The molecule has 0 unspecified atom stereocenters. The molecule has 20 heavy (non-hydrogen) atoms. The molecule has 2 rings (SSSR count). The zero-order valence-corrected chi connectivity index (χ0v) is 13.1. The number of thiophene rings is 1. The standard InChI is InChI=1S/C11H15ClN2O4S2/c12-11-9(14(15)16)7-10(19-11)20(17,18)13-6-5-8-3-1-2-4-8/h7-8,13H,1-6H2. The van der Waals surface area contributed by atoms with E-state index in [-0.39, 0.29) is 14.2 Å². The molecule has 0 spiro atoms. The second-order valence-electron chi connectivity index (χ2n) is 4.82. The Hall–Kier alpha value is -0.700. The van der Waals surface area contributed by atoms with Crippen molar-refractivity contribution in [3.63, 3.8) is 0 Å². The first-order chi connectivity index (χ1) is 9.40. The highest BCUT2D eigenvalue weighted by atomic mass is 35.5. The van der Waals surface area contributed by atoms with E-state index in [1.54, 1.807) is 0 Å². The minimum absolute atomic E-state index is 0.111. The van der Waals surface area contributed by atoms with Gasteiger partial charge in [0.05, 0.1) is 4.92 Å². The first kappa shape index (κ1) is 15.7. The summed E-state index contributed by atoms with van der Waals surface area (Å²) in [6.45, 7) is 0.357. The largest absolute Gasteiger partial charge is 0.300 e. The van der Waals surface area contributed by atoms with Crippen LogP contribution in [0.2, 0.25) is 4.34 Å². The first-order valence-corrected chi connectivity index (χ1v) is 9.01. The fourth-order valence-electron chi connectivity index (χ4n) is 2.36. The van der Waals surface area contributed by atoms with Crippen LogP contribution in [0.3, 0.4) is 0 Å². The molecule has 1 heterocycles. The molecule has 0 aromatic carbocycles. The average molecular weight is 339 g/mol. The van der Waals surface area contributed by atoms with Crippen LogP contribution in [0.25, 0.3) is 0 Å². The topological polar surface area (TPSA) is 89.3 Å². The summed E-state index contributed by atoms with van der Waals surface area (Å²) in [4.78, 5) is 9.98. The third-order valence-corrected chi connectivity index (χ3v) is 6.70. The molecule has 1 fully saturated rings. The van der Waals surface area contributed by atoms with E-state index in [4.69, 9.17) is 11.6 Å². The Bertz CT molecular complexity index is 594. The van der Waals surface area contributed by atoms with Crippen LogP contribution in [0.4, 0.5) is 5.69 Å². The second kappa shape index (κ2) is 6.38. The van der Waals surface area contributed by atoms with Crippen molar-refractivity contribution in [2.24, 2.45) is 5.92 Å². The molecule has 0 atom stereocenters. The van der Waals surface area contributed by atoms with Gasteiger partial charge in [0, 0.05) is 12.6 Å². The summed E-state index contributed by atoms with van der Waals surface area (Å²) in [5, 5.41) is 10.7. The lowest BCUT2D eigenvalue weighted by atomic mass is 10.1. The maximum Gasteiger partial charge on any atom is 0.300 e. The predicted molar refractivity (Wildman–Crippen MR) is 77.7 cm³/mol. The molecule has 1 aromatic rings. The normalized spacial score (nSPS) is 16.6. The van der Waals surface area contributed by atoms with E-state index in [2.05, 4.69) is 4.72 Å². The molecule has 1 saturated carbocycles. The van der Waals surface area contributed by atoms with Crippen molar-refractivity contribution in [2.75, 3.05) is 6.54 Å². The lowest BCUT2D eigenvalue weighted by Gasteiger charge is -2.09. The number of rotatable bonds is 6. The molecule has 1 N–H and O–H groups in total. The van der Waals surface area contributed by atoms with Gasteiger partial charge in [0.25, 0.3) is 5.69 Å². The molecule has 0 amide bonds. The van der Waals surface area contributed by atoms with Gasteiger partial charge in [-0.25, -0.2) is 13.1 Å². The van der Waals surface area contributed by atoms with Crippen molar-refractivity contribution in [1.82, 2.24) is 4.72 Å². The molecule has 0 aliphatic heterocycles. The van der Waals surface area contributed by atoms with Crippen LogP contribution >= 0.6 is 22.9 Å². The number of sulfonamides is 1. The van der Waals surface area contributed by atoms with E-state index in [9.17, 15) is 18.5 Å². The minimum atomic E-state index is -3.71. The fraction of sp³-hybridized carbons (Fsp3) is 0.636. The van der Waals surface area contributed by atoms with Crippen LogP contribution < -0.4 is 4.72 Å². The SMILES string of the molecule is O=[N+]([O-])c1cc(S(=O)(=O)NCCC2CCCC2)sc1Cl. The summed E-state index contributed by atoms with van der Waals surface area (Å²) in [5.41, 5.74) is -0.368. The van der Waals surface area contributed by atoms with E-state index in [1.165, 1.54) is 12.8 Å². The lowest BCUT2D eigenvalue weighted by molar-refractivity contribution is -0.384. The Balaban J connectivity index is 1.98. The third kappa shape index (κ3) is 3.69. The minimum Gasteiger partial charge on any atom is -0.258 e. The van der Waals surface area contributed by atoms with Crippen LogP contribution in [-0.4, -0.2) is 19.9 Å². The molecule has 6 nitrogen and oxygen atoms in total. The van der Waals surface area contributed by atoms with E-state index >= 15 is 0 Å². The molecule has 9 heteroatoms. The number of nitrogens with one attached hydrogen (secondary N) is 1. The molecule has 1 aliphatic rings. The molecule has 1 aromatic heterocycles. The van der Waals surface area contributed by atoms with Gasteiger partial charge in [-0.1, -0.05) is 37.3 Å². The van der Waals surface area contributed by atoms with Crippen molar-refractivity contribution >= 4 is 38.6 Å². The van der Waals surface area contributed by atoms with Crippen LogP contribution in [0.15, 0.2) is 10.3 Å². The Morgan fingerprint density at radius 2 is 2.10 bits per heavy atom. The summed E-state index contributed by atoms with van der Waals surface area (Å²) in [7, 11) is -3.71. The van der Waals surface area contributed by atoms with E-state index in [0.29, 0.717) is 23.8 Å². The summed E-state index contributed by atoms with van der Waals surface area (Å²) in [5.74, 6) is 0.582. The highest BCUT2D eigenvalue weighted by Gasteiger charge is 2.25. The van der Waals surface area contributed by atoms with Gasteiger partial charge in [0.2, 0.25) is 10.0 Å². The number of nitro groups is 1. The Labute approximate surface area is 126 Å². The van der Waals surface area contributed by atoms with Gasteiger partial charge in [-0.15, -0.1) is 11.3 Å². The van der Waals surface area contributed by atoms with E-state index < -0.39 is 14.9 Å². The van der Waals surface area contributed by atoms with Gasteiger partial charge in [-0.2, -0.15) is 0 Å². The second-order valence-corrected chi connectivity index (χ2v) is 8.47. The van der Waals surface area contributed by atoms with Gasteiger partial charge in [0.1, 0.15) is 4.21 Å². The van der Waals surface area contributed by atoms with Gasteiger partial charge >= 0.3 is 0 Å². The highest BCUT2D eigenvalue weighted by Crippen LogP contribution is 2.36. The van der Waals surface area contributed by atoms with Crippen LogP contribution in [0.1, 0.15) is 32.1 Å². The van der Waals surface area contributed by atoms with Gasteiger partial charge < -0.3 is 0 Å². The zero-order chi connectivity index (χ0) is 14.8. The monoisotopic (exact) mass is 338 g/mol. The summed E-state index contributed by atoms with van der Waals surface area (Å²) >= 11 is 6.37. The van der Waals surface area contributed by atoms with Crippen molar-refractivity contribution in [1.29, 1.82) is 0 Å². The molecule has 112 valence electrons. The van der Waals surface area contributed by atoms with Crippen molar-refractivity contribution in [3.8, 4) is 0 Å². The van der Waals surface area contributed by atoms with Gasteiger partial charge in [-0.05, 0) is 12.3 Å². The van der Waals surface area contributed by atoms with E-state index in [0.717, 1.165) is 25.3 Å². The highest BCUT2D eigenvalue weighted by molar-refractivity contribution is 7.91.